The Morgan fingerprint density at radius 1 is 1.17 bits per heavy atom. The molecule has 0 bridgehead atoms. The fourth-order valence-electron chi connectivity index (χ4n) is 3.76. The lowest BCUT2D eigenvalue weighted by Gasteiger charge is -2.36. The third kappa shape index (κ3) is 2.74. The molecule has 3 aromatic rings. The van der Waals surface area contributed by atoms with Gasteiger partial charge in [-0.05, 0) is 41.7 Å². The van der Waals surface area contributed by atoms with Crippen LogP contribution >= 0.6 is 0 Å². The number of rotatable bonds is 3. The molecule has 5 nitrogen and oxygen atoms in total. The SMILES string of the molecule is COC(=O)C1(F)C(=O)c2ccc3occ(C)c3c2OC1c1ccc(C(C)C)cc1. The van der Waals surface area contributed by atoms with Gasteiger partial charge in [0.05, 0.1) is 24.3 Å². The Hall–Kier alpha value is -3.15. The van der Waals surface area contributed by atoms with E-state index in [0.29, 0.717) is 16.5 Å². The Labute approximate surface area is 167 Å². The summed E-state index contributed by atoms with van der Waals surface area (Å²) in [5.41, 5.74) is -0.307. The minimum absolute atomic E-state index is 0.00931. The van der Waals surface area contributed by atoms with Gasteiger partial charge in [-0.3, -0.25) is 4.79 Å². The third-order valence-corrected chi connectivity index (χ3v) is 5.44. The van der Waals surface area contributed by atoms with Crippen molar-refractivity contribution in [1.29, 1.82) is 0 Å². The second-order valence-electron chi connectivity index (χ2n) is 7.59. The number of alkyl halides is 1. The van der Waals surface area contributed by atoms with Gasteiger partial charge in [0.2, 0.25) is 5.78 Å². The van der Waals surface area contributed by atoms with Gasteiger partial charge >= 0.3 is 11.6 Å². The smallest absolute Gasteiger partial charge is 0.356 e. The first-order valence-corrected chi connectivity index (χ1v) is 9.38. The topological polar surface area (TPSA) is 65.7 Å². The van der Waals surface area contributed by atoms with E-state index in [1.54, 1.807) is 24.5 Å². The van der Waals surface area contributed by atoms with Gasteiger partial charge in [0.25, 0.3) is 0 Å². The van der Waals surface area contributed by atoms with Crippen molar-refractivity contribution in [3.8, 4) is 5.75 Å². The Bertz CT molecular complexity index is 1110. The number of ether oxygens (including phenoxy) is 2. The zero-order chi connectivity index (χ0) is 20.9. The molecular weight excluding hydrogens is 375 g/mol. The monoisotopic (exact) mass is 396 g/mol. The van der Waals surface area contributed by atoms with Gasteiger partial charge in [-0.1, -0.05) is 38.1 Å². The molecular formula is C23H21FO5. The largest absolute Gasteiger partial charge is 0.480 e. The first kappa shape index (κ1) is 19.2. The molecule has 0 aliphatic carbocycles. The number of Topliss-reactive ketones (excluding diaryl/α,β-unsaturated/α-hetero) is 1. The van der Waals surface area contributed by atoms with Gasteiger partial charge in [0, 0.05) is 0 Å². The molecule has 0 radical (unpaired) electrons. The van der Waals surface area contributed by atoms with Gasteiger partial charge in [-0.2, -0.15) is 0 Å². The third-order valence-electron chi connectivity index (χ3n) is 5.44. The van der Waals surface area contributed by atoms with Crippen LogP contribution in [0.15, 0.2) is 47.1 Å². The fourth-order valence-corrected chi connectivity index (χ4v) is 3.76. The Balaban J connectivity index is 1.93. The van der Waals surface area contributed by atoms with Crippen molar-refractivity contribution in [3.05, 3.63) is 64.9 Å². The summed E-state index contributed by atoms with van der Waals surface area (Å²) in [4.78, 5) is 25.6. The van der Waals surface area contributed by atoms with Gasteiger partial charge in [-0.25, -0.2) is 9.18 Å². The number of fused-ring (bicyclic) bond motifs is 3. The summed E-state index contributed by atoms with van der Waals surface area (Å²) in [5, 5.41) is 0.589. The number of furan rings is 1. The predicted molar refractivity (Wildman–Crippen MR) is 105 cm³/mol. The molecule has 1 aliphatic rings. The number of esters is 1. The molecule has 6 heteroatoms. The normalized spacial score (nSPS) is 21.2. The van der Waals surface area contributed by atoms with Crippen molar-refractivity contribution < 1.29 is 27.9 Å². The van der Waals surface area contributed by atoms with Gasteiger partial charge in [-0.15, -0.1) is 0 Å². The summed E-state index contributed by atoms with van der Waals surface area (Å²) >= 11 is 0. The maximum Gasteiger partial charge on any atom is 0.356 e. The summed E-state index contributed by atoms with van der Waals surface area (Å²) in [6, 6.07) is 10.0. The minimum Gasteiger partial charge on any atom is -0.480 e. The summed E-state index contributed by atoms with van der Waals surface area (Å²) in [7, 11) is 1.05. The molecule has 2 heterocycles. The van der Waals surface area contributed by atoms with Crippen LogP contribution in [0.5, 0.6) is 5.75 Å². The van der Waals surface area contributed by atoms with Crippen LogP contribution in [-0.2, 0) is 9.53 Å². The maximum absolute atomic E-state index is 16.1. The molecule has 0 saturated heterocycles. The van der Waals surface area contributed by atoms with E-state index < -0.39 is 23.5 Å². The van der Waals surface area contributed by atoms with Crippen LogP contribution in [0.4, 0.5) is 4.39 Å². The van der Waals surface area contributed by atoms with E-state index in [1.807, 2.05) is 32.9 Å². The van der Waals surface area contributed by atoms with Crippen molar-refractivity contribution in [2.75, 3.05) is 7.11 Å². The van der Waals surface area contributed by atoms with Crippen LogP contribution in [-0.4, -0.2) is 24.5 Å². The van der Waals surface area contributed by atoms with E-state index in [0.717, 1.165) is 18.2 Å². The number of halogens is 1. The molecule has 0 spiro atoms. The van der Waals surface area contributed by atoms with Gasteiger partial charge in [0.1, 0.15) is 11.3 Å². The van der Waals surface area contributed by atoms with Crippen LogP contribution in [0.3, 0.4) is 0 Å². The van der Waals surface area contributed by atoms with E-state index in [2.05, 4.69) is 4.74 Å². The average Bonchev–Trinajstić information content (AvgIpc) is 3.11. The molecule has 0 amide bonds. The molecule has 2 aromatic carbocycles. The second kappa shape index (κ2) is 6.72. The van der Waals surface area contributed by atoms with Gasteiger partial charge in [0.15, 0.2) is 6.10 Å². The minimum atomic E-state index is -2.99. The van der Waals surface area contributed by atoms with Crippen molar-refractivity contribution in [3.63, 3.8) is 0 Å². The summed E-state index contributed by atoms with van der Waals surface area (Å²) in [6.07, 6.45) is 0.0686. The number of methoxy groups -OCH3 is 1. The molecule has 0 fully saturated rings. The number of benzene rings is 2. The van der Waals surface area contributed by atoms with Crippen LogP contribution < -0.4 is 4.74 Å². The summed E-state index contributed by atoms with van der Waals surface area (Å²) in [6.45, 7) is 5.89. The number of ketones is 1. The Morgan fingerprint density at radius 3 is 2.48 bits per heavy atom. The molecule has 1 aromatic heterocycles. The molecule has 4 rings (SSSR count). The van der Waals surface area contributed by atoms with Crippen LogP contribution in [0, 0.1) is 6.92 Å². The lowest BCUT2D eigenvalue weighted by molar-refractivity contribution is -0.157. The molecule has 29 heavy (non-hydrogen) atoms. The highest BCUT2D eigenvalue weighted by atomic mass is 19.1. The van der Waals surface area contributed by atoms with Crippen molar-refractivity contribution in [2.24, 2.45) is 0 Å². The first-order chi connectivity index (χ1) is 13.8. The van der Waals surface area contributed by atoms with E-state index in [1.165, 1.54) is 6.07 Å². The fraction of sp³-hybridized carbons (Fsp3) is 0.304. The quantitative estimate of drug-likeness (QED) is 0.457. The zero-order valence-electron chi connectivity index (χ0n) is 16.6. The van der Waals surface area contributed by atoms with E-state index >= 15 is 4.39 Å². The van der Waals surface area contributed by atoms with E-state index in [-0.39, 0.29) is 17.2 Å². The van der Waals surface area contributed by atoms with E-state index in [9.17, 15) is 9.59 Å². The number of aryl methyl sites for hydroxylation is 1. The molecule has 150 valence electrons. The molecule has 2 atom stereocenters. The average molecular weight is 396 g/mol. The first-order valence-electron chi connectivity index (χ1n) is 9.38. The number of carbonyl (C=O) groups is 2. The second-order valence-corrected chi connectivity index (χ2v) is 7.59. The lowest BCUT2D eigenvalue weighted by atomic mass is 9.82. The summed E-state index contributed by atoms with van der Waals surface area (Å²) < 4.78 is 32.3. The zero-order valence-corrected chi connectivity index (χ0v) is 16.6. The Morgan fingerprint density at radius 2 is 1.86 bits per heavy atom. The highest BCUT2D eigenvalue weighted by Crippen LogP contribution is 2.48. The number of carbonyl (C=O) groups excluding carboxylic acids is 2. The lowest BCUT2D eigenvalue weighted by Crippen LogP contribution is -2.52. The highest BCUT2D eigenvalue weighted by molar-refractivity contribution is 6.20. The molecule has 2 unspecified atom stereocenters. The molecule has 0 saturated carbocycles. The molecule has 0 N–H and O–H groups in total. The van der Waals surface area contributed by atoms with Crippen LogP contribution in [0.25, 0.3) is 11.0 Å². The van der Waals surface area contributed by atoms with E-state index in [4.69, 9.17) is 9.15 Å². The van der Waals surface area contributed by atoms with Crippen LogP contribution in [0.1, 0.15) is 52.9 Å². The predicted octanol–water partition coefficient (Wildman–Crippen LogP) is 5.06. The standard InChI is InChI=1S/C23H21FO5/c1-12(2)14-5-7-15(8-6-14)21-23(24,22(26)27-4)20(25)16-9-10-17-18(19(16)29-21)13(3)11-28-17/h5-12,21H,1-4H3. The summed E-state index contributed by atoms with van der Waals surface area (Å²) in [5.74, 6) is -1.77. The van der Waals surface area contributed by atoms with Crippen molar-refractivity contribution in [2.45, 2.75) is 38.5 Å². The number of hydrogen-bond donors (Lipinski definition) is 0. The van der Waals surface area contributed by atoms with Crippen LogP contribution in [0.2, 0.25) is 0 Å². The Kier molecular flexibility index (Phi) is 4.45. The highest BCUT2D eigenvalue weighted by Gasteiger charge is 2.60. The number of hydrogen-bond acceptors (Lipinski definition) is 5. The molecule has 1 aliphatic heterocycles. The van der Waals surface area contributed by atoms with Gasteiger partial charge < -0.3 is 13.9 Å². The maximum atomic E-state index is 16.1. The van der Waals surface area contributed by atoms with Crippen molar-refractivity contribution >= 4 is 22.7 Å². The van der Waals surface area contributed by atoms with Crippen molar-refractivity contribution in [1.82, 2.24) is 0 Å².